The predicted octanol–water partition coefficient (Wildman–Crippen LogP) is 3.67. The molecule has 0 fully saturated rings. The first-order valence-electron chi connectivity index (χ1n) is 4.59. The molecule has 1 aromatic heterocycles. The van der Waals surface area contributed by atoms with Gasteiger partial charge in [-0.2, -0.15) is 5.26 Å². The summed E-state index contributed by atoms with van der Waals surface area (Å²) in [4.78, 5) is 0. The van der Waals surface area contributed by atoms with Gasteiger partial charge in [-0.3, -0.25) is 0 Å². The van der Waals surface area contributed by atoms with Gasteiger partial charge in [-0.1, -0.05) is 0 Å². The number of nitriles is 1. The van der Waals surface area contributed by atoms with Crippen LogP contribution in [0.3, 0.4) is 0 Å². The van der Waals surface area contributed by atoms with Crippen LogP contribution in [0.4, 0.5) is 11.4 Å². The zero-order valence-electron chi connectivity index (χ0n) is 8.32. The van der Waals surface area contributed by atoms with E-state index in [9.17, 15) is 0 Å². The van der Waals surface area contributed by atoms with Crippen molar-refractivity contribution in [2.24, 2.45) is 0 Å². The molecule has 0 amide bonds. The van der Waals surface area contributed by atoms with E-state index >= 15 is 0 Å². The zero-order chi connectivity index (χ0) is 10.7. The van der Waals surface area contributed by atoms with Crippen molar-refractivity contribution in [2.45, 2.75) is 6.92 Å². The van der Waals surface area contributed by atoms with Crippen LogP contribution in [0.1, 0.15) is 11.1 Å². The summed E-state index contributed by atoms with van der Waals surface area (Å²) in [6.45, 7) is 2.07. The molecule has 0 atom stereocenters. The molecule has 3 heteroatoms. The number of hydrogen-bond donors (Lipinski definition) is 1. The lowest BCUT2D eigenvalue weighted by molar-refractivity contribution is 1.46. The van der Waals surface area contributed by atoms with Gasteiger partial charge in [0.05, 0.1) is 17.3 Å². The molecular formula is C12H10N2S. The Labute approximate surface area is 92.8 Å². The lowest BCUT2D eigenvalue weighted by atomic mass is 10.2. The number of benzene rings is 1. The molecule has 0 radical (unpaired) electrons. The monoisotopic (exact) mass is 214 g/mol. The van der Waals surface area contributed by atoms with Crippen LogP contribution in [0.25, 0.3) is 0 Å². The van der Waals surface area contributed by atoms with Gasteiger partial charge in [-0.15, -0.1) is 11.3 Å². The molecule has 2 rings (SSSR count). The van der Waals surface area contributed by atoms with E-state index in [0.717, 1.165) is 11.4 Å². The largest absolute Gasteiger partial charge is 0.355 e. The third kappa shape index (κ3) is 2.17. The minimum atomic E-state index is 0.683. The number of thiophene rings is 1. The molecule has 0 unspecified atom stereocenters. The number of rotatable bonds is 2. The minimum Gasteiger partial charge on any atom is -0.355 e. The smallest absolute Gasteiger partial charge is 0.0991 e. The first-order valence-corrected chi connectivity index (χ1v) is 5.54. The Morgan fingerprint density at radius 3 is 2.47 bits per heavy atom. The quantitative estimate of drug-likeness (QED) is 0.827. The van der Waals surface area contributed by atoms with Crippen molar-refractivity contribution in [3.05, 3.63) is 46.2 Å². The molecule has 2 nitrogen and oxygen atoms in total. The zero-order valence-corrected chi connectivity index (χ0v) is 9.14. The predicted molar refractivity (Wildman–Crippen MR) is 63.5 cm³/mol. The molecule has 2 aromatic rings. The van der Waals surface area contributed by atoms with Crippen molar-refractivity contribution < 1.29 is 0 Å². The summed E-state index contributed by atoms with van der Waals surface area (Å²) in [6.07, 6.45) is 0. The second kappa shape index (κ2) is 4.16. The van der Waals surface area contributed by atoms with Gasteiger partial charge in [0.15, 0.2) is 0 Å². The summed E-state index contributed by atoms with van der Waals surface area (Å²) in [5.41, 5.74) is 4.06. The average Bonchev–Trinajstić information content (AvgIpc) is 2.66. The van der Waals surface area contributed by atoms with E-state index in [1.807, 2.05) is 24.3 Å². The Morgan fingerprint density at radius 1 is 1.20 bits per heavy atom. The Bertz CT molecular complexity index is 491. The maximum atomic E-state index is 8.66. The molecule has 1 heterocycles. The Morgan fingerprint density at radius 2 is 1.93 bits per heavy atom. The molecule has 0 aliphatic heterocycles. The van der Waals surface area contributed by atoms with Gasteiger partial charge in [0, 0.05) is 11.1 Å². The molecule has 74 valence electrons. The first-order chi connectivity index (χ1) is 7.29. The Kier molecular flexibility index (Phi) is 2.70. The maximum Gasteiger partial charge on any atom is 0.0991 e. The van der Waals surface area contributed by atoms with Crippen molar-refractivity contribution in [2.75, 3.05) is 5.32 Å². The Hall–Kier alpha value is -1.79. The standard InChI is InChI=1S/C12H10N2S/c1-9-7-15-8-12(9)14-11-4-2-10(6-13)3-5-11/h2-5,7-8,14H,1H3. The van der Waals surface area contributed by atoms with E-state index in [-0.39, 0.29) is 0 Å². The van der Waals surface area contributed by atoms with E-state index in [1.165, 1.54) is 5.56 Å². The van der Waals surface area contributed by atoms with Crippen molar-refractivity contribution in [3.63, 3.8) is 0 Å². The number of nitrogens with one attached hydrogen (secondary N) is 1. The highest BCUT2D eigenvalue weighted by atomic mass is 32.1. The normalized spacial score (nSPS) is 9.60. The van der Waals surface area contributed by atoms with Crippen LogP contribution < -0.4 is 5.32 Å². The second-order valence-corrected chi connectivity index (χ2v) is 4.03. The fraction of sp³-hybridized carbons (Fsp3) is 0.0833. The summed E-state index contributed by atoms with van der Waals surface area (Å²) in [7, 11) is 0. The van der Waals surface area contributed by atoms with E-state index in [1.54, 1.807) is 11.3 Å². The van der Waals surface area contributed by atoms with Crippen molar-refractivity contribution in [1.29, 1.82) is 5.26 Å². The summed E-state index contributed by atoms with van der Waals surface area (Å²) < 4.78 is 0. The van der Waals surface area contributed by atoms with Gasteiger partial charge in [0.1, 0.15) is 0 Å². The highest BCUT2D eigenvalue weighted by Crippen LogP contribution is 2.23. The van der Waals surface area contributed by atoms with Gasteiger partial charge in [-0.05, 0) is 42.1 Å². The number of anilines is 2. The van der Waals surface area contributed by atoms with Crippen molar-refractivity contribution in [3.8, 4) is 6.07 Å². The van der Waals surface area contributed by atoms with Crippen LogP contribution in [0.15, 0.2) is 35.0 Å². The molecule has 0 aliphatic rings. The molecule has 0 aliphatic carbocycles. The van der Waals surface area contributed by atoms with Crippen LogP contribution in [0.2, 0.25) is 0 Å². The van der Waals surface area contributed by atoms with E-state index in [0.29, 0.717) is 5.56 Å². The number of aryl methyl sites for hydroxylation is 1. The first kappa shape index (κ1) is 9.75. The van der Waals surface area contributed by atoms with Crippen LogP contribution in [-0.4, -0.2) is 0 Å². The van der Waals surface area contributed by atoms with Crippen LogP contribution in [0.5, 0.6) is 0 Å². The summed E-state index contributed by atoms with van der Waals surface area (Å²) in [5.74, 6) is 0. The lowest BCUT2D eigenvalue weighted by Gasteiger charge is -2.04. The topological polar surface area (TPSA) is 35.8 Å². The molecule has 1 N–H and O–H groups in total. The minimum absolute atomic E-state index is 0.683. The highest BCUT2D eigenvalue weighted by Gasteiger charge is 1.99. The molecule has 0 bridgehead atoms. The molecule has 0 saturated carbocycles. The lowest BCUT2D eigenvalue weighted by Crippen LogP contribution is -1.89. The molecule has 1 aromatic carbocycles. The SMILES string of the molecule is Cc1cscc1Nc1ccc(C#N)cc1. The van der Waals surface area contributed by atoms with E-state index < -0.39 is 0 Å². The van der Waals surface area contributed by atoms with Gasteiger partial charge in [0.25, 0.3) is 0 Å². The van der Waals surface area contributed by atoms with E-state index in [2.05, 4.69) is 29.1 Å². The van der Waals surface area contributed by atoms with Gasteiger partial charge >= 0.3 is 0 Å². The highest BCUT2D eigenvalue weighted by molar-refractivity contribution is 7.08. The van der Waals surface area contributed by atoms with Gasteiger partial charge < -0.3 is 5.32 Å². The van der Waals surface area contributed by atoms with Crippen LogP contribution in [-0.2, 0) is 0 Å². The molecule has 0 saturated heterocycles. The van der Waals surface area contributed by atoms with Crippen molar-refractivity contribution >= 4 is 22.7 Å². The summed E-state index contributed by atoms with van der Waals surface area (Å²) >= 11 is 1.68. The fourth-order valence-corrected chi connectivity index (χ4v) is 2.05. The molecular weight excluding hydrogens is 204 g/mol. The van der Waals surface area contributed by atoms with Crippen LogP contribution >= 0.6 is 11.3 Å². The number of nitrogens with zero attached hydrogens (tertiary/aromatic N) is 1. The average molecular weight is 214 g/mol. The molecule has 15 heavy (non-hydrogen) atoms. The third-order valence-electron chi connectivity index (χ3n) is 2.15. The van der Waals surface area contributed by atoms with Gasteiger partial charge in [-0.25, -0.2) is 0 Å². The summed E-state index contributed by atoms with van der Waals surface area (Å²) in [5, 5.41) is 16.1. The van der Waals surface area contributed by atoms with Crippen LogP contribution in [0, 0.1) is 18.3 Å². The van der Waals surface area contributed by atoms with Gasteiger partial charge in [0.2, 0.25) is 0 Å². The maximum absolute atomic E-state index is 8.66. The second-order valence-electron chi connectivity index (χ2n) is 3.28. The Balaban J connectivity index is 2.19. The summed E-state index contributed by atoms with van der Waals surface area (Å²) in [6, 6.07) is 9.54. The van der Waals surface area contributed by atoms with E-state index in [4.69, 9.17) is 5.26 Å². The van der Waals surface area contributed by atoms with Crippen molar-refractivity contribution in [1.82, 2.24) is 0 Å². The fourth-order valence-electron chi connectivity index (χ4n) is 1.27. The third-order valence-corrected chi connectivity index (χ3v) is 3.01. The number of hydrogen-bond acceptors (Lipinski definition) is 3. The molecule has 0 spiro atoms.